The number of methoxy groups -OCH3 is 2. The number of rotatable bonds is 10. The number of nitrogens with zero attached hydrogens (tertiary/aromatic N) is 2. The van der Waals surface area contributed by atoms with Crippen LogP contribution in [0.5, 0.6) is 11.6 Å². The van der Waals surface area contributed by atoms with Crippen LogP contribution in [0, 0.1) is 17.8 Å². The number of hydrogen-bond acceptors (Lipinski definition) is 11. The van der Waals surface area contributed by atoms with E-state index in [0.29, 0.717) is 69.9 Å². The first-order chi connectivity index (χ1) is 27.3. The van der Waals surface area contributed by atoms with Crippen LogP contribution in [0.3, 0.4) is 0 Å². The molecule has 1 aromatic heterocycles. The van der Waals surface area contributed by atoms with Gasteiger partial charge in [0.25, 0.3) is 5.91 Å². The predicted octanol–water partition coefficient (Wildman–Crippen LogP) is 4.37. The van der Waals surface area contributed by atoms with Gasteiger partial charge in [-0.15, -0.1) is 0 Å². The Bertz CT molecular complexity index is 2000. The fourth-order valence-electron chi connectivity index (χ4n) is 8.07. The Morgan fingerprint density at radius 2 is 1.78 bits per heavy atom. The molecule has 2 saturated heterocycles. The molecule has 0 radical (unpaired) electrons. The number of fused-ring (bicyclic) bond motifs is 3. The van der Waals surface area contributed by atoms with Gasteiger partial charge in [-0.3, -0.25) is 19.1 Å². The summed E-state index contributed by atoms with van der Waals surface area (Å²) < 4.78 is 91.5. The number of hydrogen-bond donors (Lipinski definition) is 3. The van der Waals surface area contributed by atoms with Gasteiger partial charge in [0.15, 0.2) is 0 Å². The first-order valence-electron chi connectivity index (χ1n) is 19.6. The van der Waals surface area contributed by atoms with Crippen LogP contribution in [0.4, 0.5) is 18.0 Å². The average Bonchev–Trinajstić information content (AvgIpc) is 4.08. The summed E-state index contributed by atoms with van der Waals surface area (Å²) in [5, 5.41) is 5.89. The Kier molecular flexibility index (Phi) is 12.4. The number of pyridine rings is 1. The molecular weight excluding hydrogens is 788 g/mol. The molecule has 2 aliphatic heterocycles. The Hall–Kier alpha value is -4.39. The van der Waals surface area contributed by atoms with Gasteiger partial charge in [-0.2, -0.15) is 13.2 Å². The van der Waals surface area contributed by atoms with Crippen molar-refractivity contribution in [3.63, 3.8) is 0 Å². The molecule has 1 aromatic carbocycles. The smallest absolute Gasteiger partial charge is 0.427 e. The maximum absolute atomic E-state index is 14.9. The van der Waals surface area contributed by atoms with E-state index in [4.69, 9.17) is 18.9 Å². The Morgan fingerprint density at radius 3 is 2.45 bits per heavy atom. The molecule has 2 aliphatic carbocycles. The highest BCUT2D eigenvalue weighted by atomic mass is 32.2. The van der Waals surface area contributed by atoms with Crippen molar-refractivity contribution in [1.82, 2.24) is 25.2 Å². The monoisotopic (exact) mass is 839 g/mol. The van der Waals surface area contributed by atoms with Crippen molar-refractivity contribution in [2.75, 3.05) is 27.4 Å². The third kappa shape index (κ3) is 9.40. The zero-order valence-electron chi connectivity index (χ0n) is 33.2. The number of halogens is 3. The molecule has 320 valence electrons. The molecule has 2 saturated carbocycles. The van der Waals surface area contributed by atoms with E-state index in [2.05, 4.69) is 20.3 Å². The molecule has 15 nitrogen and oxygen atoms in total. The molecule has 6 rings (SSSR count). The molecule has 3 heterocycles. The zero-order valence-corrected chi connectivity index (χ0v) is 34.0. The maximum Gasteiger partial charge on any atom is 0.427 e. The highest BCUT2D eigenvalue weighted by Gasteiger charge is 2.62. The summed E-state index contributed by atoms with van der Waals surface area (Å²) in [5.41, 5.74) is -4.46. The number of alkyl carbamates (subject to hydrolysis) is 1. The van der Waals surface area contributed by atoms with E-state index in [0.717, 1.165) is 5.39 Å². The standard InChI is InChI=1S/C39H52F3N5O10S/c1-22-8-6-7-9-25-19-38(25,35(50)46-58(52,53)28-11-12-28)45-32(48)30-18-27(56-33-29-13-10-26(55-5)17-23(29)14-15-43-33)20-47(30)34(49)31(24(16-22)21-54-4)44-36(51)57-37(2,3)39(40,41)42/h10,13-15,17,22,24-25,27-28,30-31H,6-9,11-12,16,18-21H2,1-5H3,(H,44,51)(H,45,48)(H,46,50)/t22-,24-,25-,27+,30-,31-,38+/m0/s1. The lowest BCUT2D eigenvalue weighted by molar-refractivity contribution is -0.244. The average molecular weight is 840 g/mol. The molecule has 58 heavy (non-hydrogen) atoms. The van der Waals surface area contributed by atoms with E-state index >= 15 is 0 Å². The molecule has 19 heteroatoms. The van der Waals surface area contributed by atoms with E-state index in [9.17, 15) is 40.8 Å². The van der Waals surface area contributed by atoms with Crippen LogP contribution in [-0.2, 0) is 33.9 Å². The molecule has 0 bridgehead atoms. The number of carbonyl (C=O) groups is 4. The summed E-state index contributed by atoms with van der Waals surface area (Å²) >= 11 is 0. The topological polar surface area (TPSA) is 192 Å². The minimum Gasteiger partial charge on any atom is -0.497 e. The van der Waals surface area contributed by atoms with Gasteiger partial charge >= 0.3 is 12.3 Å². The minimum absolute atomic E-state index is 0.0535. The van der Waals surface area contributed by atoms with Gasteiger partial charge in [0.05, 0.1) is 25.5 Å². The molecule has 7 atom stereocenters. The number of aromatic nitrogens is 1. The summed E-state index contributed by atoms with van der Waals surface area (Å²) in [6.45, 7) is 3.03. The van der Waals surface area contributed by atoms with Gasteiger partial charge in [0.2, 0.25) is 33.3 Å². The quantitative estimate of drug-likeness (QED) is 0.308. The van der Waals surface area contributed by atoms with Crippen LogP contribution in [0.2, 0.25) is 0 Å². The largest absolute Gasteiger partial charge is 0.497 e. The number of nitrogens with one attached hydrogen (secondary N) is 3. The van der Waals surface area contributed by atoms with Gasteiger partial charge in [-0.1, -0.05) is 26.2 Å². The van der Waals surface area contributed by atoms with E-state index < -0.39 is 80.5 Å². The summed E-state index contributed by atoms with van der Waals surface area (Å²) in [6.07, 6.45) is -2.01. The number of sulfonamides is 1. The van der Waals surface area contributed by atoms with Crippen molar-refractivity contribution in [2.45, 2.75) is 119 Å². The van der Waals surface area contributed by atoms with Gasteiger partial charge in [0, 0.05) is 31.0 Å². The van der Waals surface area contributed by atoms with Crippen LogP contribution >= 0.6 is 0 Å². The lowest BCUT2D eigenvalue weighted by atomic mass is 9.86. The van der Waals surface area contributed by atoms with Crippen molar-refractivity contribution in [3.05, 3.63) is 30.5 Å². The lowest BCUT2D eigenvalue weighted by Gasteiger charge is -2.35. The molecular formula is C39H52F3N5O10S. The van der Waals surface area contributed by atoms with Crippen LogP contribution in [0.1, 0.15) is 78.6 Å². The first-order valence-corrected chi connectivity index (χ1v) is 21.2. The molecule has 4 fully saturated rings. The first kappa shape index (κ1) is 43.2. The molecule has 0 unspecified atom stereocenters. The van der Waals surface area contributed by atoms with Gasteiger partial charge in [-0.05, 0) is 87.4 Å². The van der Waals surface area contributed by atoms with Crippen LogP contribution in [0.25, 0.3) is 10.8 Å². The normalized spacial score (nSPS) is 28.6. The molecule has 2 aromatic rings. The van der Waals surface area contributed by atoms with Crippen LogP contribution in [-0.4, -0.2) is 110 Å². The van der Waals surface area contributed by atoms with Crippen molar-refractivity contribution in [3.8, 4) is 11.6 Å². The van der Waals surface area contributed by atoms with Gasteiger partial charge in [-0.25, -0.2) is 18.2 Å². The van der Waals surface area contributed by atoms with Crippen molar-refractivity contribution < 1.29 is 59.7 Å². The van der Waals surface area contributed by atoms with E-state index in [1.807, 2.05) is 6.92 Å². The zero-order chi connectivity index (χ0) is 42.2. The van der Waals surface area contributed by atoms with E-state index in [-0.39, 0.29) is 43.7 Å². The summed E-state index contributed by atoms with van der Waals surface area (Å²) in [5.74, 6) is -2.82. The molecule has 0 spiro atoms. The number of carbonyl (C=O) groups excluding carboxylic acids is 4. The van der Waals surface area contributed by atoms with Gasteiger partial charge in [0.1, 0.15) is 29.5 Å². The highest BCUT2D eigenvalue weighted by molar-refractivity contribution is 7.91. The molecule has 4 aliphatic rings. The highest BCUT2D eigenvalue weighted by Crippen LogP contribution is 2.48. The summed E-state index contributed by atoms with van der Waals surface area (Å²) in [6, 6.07) is 4.17. The number of alkyl halides is 3. The molecule has 4 amide bonds. The van der Waals surface area contributed by atoms with Crippen LogP contribution < -0.4 is 24.8 Å². The predicted molar refractivity (Wildman–Crippen MR) is 203 cm³/mol. The Morgan fingerprint density at radius 1 is 1.05 bits per heavy atom. The Balaban J connectivity index is 1.36. The lowest BCUT2D eigenvalue weighted by Crippen LogP contribution is -2.60. The fraction of sp³-hybridized carbons (Fsp3) is 0.667. The molecule has 3 N–H and O–H groups in total. The minimum atomic E-state index is -4.93. The maximum atomic E-state index is 14.9. The number of benzene rings is 1. The second-order valence-electron chi connectivity index (χ2n) is 16.6. The Labute approximate surface area is 335 Å². The number of ether oxygens (including phenoxy) is 4. The summed E-state index contributed by atoms with van der Waals surface area (Å²) in [4.78, 5) is 62.1. The van der Waals surface area contributed by atoms with Crippen molar-refractivity contribution in [1.29, 1.82) is 0 Å². The van der Waals surface area contributed by atoms with Crippen molar-refractivity contribution in [2.24, 2.45) is 17.8 Å². The second-order valence-corrected chi connectivity index (χ2v) is 18.5. The third-order valence-corrected chi connectivity index (χ3v) is 13.6. The SMILES string of the molecule is COC[C@@H]1C[C@@H](C)CCCC[C@H]2C[C@@]2(C(=O)NS(=O)(=O)C2CC2)NC(=O)[C@@H]2C[C@@H](Oc3nccc4cc(OC)ccc34)CN2C(=O)[C@H]1NC(=O)OC(C)(C)C(F)(F)F. The van der Waals surface area contributed by atoms with E-state index in [1.54, 1.807) is 24.3 Å². The second kappa shape index (κ2) is 16.7. The fourth-order valence-corrected chi connectivity index (χ4v) is 9.44. The number of amides is 4. The summed E-state index contributed by atoms with van der Waals surface area (Å²) in [7, 11) is -1.04. The van der Waals surface area contributed by atoms with Crippen molar-refractivity contribution >= 4 is 44.6 Å². The van der Waals surface area contributed by atoms with Crippen LogP contribution in [0.15, 0.2) is 30.5 Å². The van der Waals surface area contributed by atoms with Gasteiger partial charge < -0.3 is 34.5 Å². The van der Waals surface area contributed by atoms with E-state index in [1.165, 1.54) is 25.3 Å². The third-order valence-electron chi connectivity index (χ3n) is 11.7.